The lowest BCUT2D eigenvalue weighted by Gasteiger charge is -2.17. The van der Waals surface area contributed by atoms with Crippen molar-refractivity contribution >= 4 is 5.84 Å². The van der Waals surface area contributed by atoms with Gasteiger partial charge in [0.25, 0.3) is 0 Å². The molecule has 5 nitrogen and oxygen atoms in total. The predicted molar refractivity (Wildman–Crippen MR) is 71.4 cm³/mol. The summed E-state index contributed by atoms with van der Waals surface area (Å²) in [7, 11) is 1.94. The van der Waals surface area contributed by atoms with Crippen LogP contribution in [0.2, 0.25) is 0 Å². The summed E-state index contributed by atoms with van der Waals surface area (Å²) in [5.41, 5.74) is 4.34. The number of nitrogens with two attached hydrogens (primary N) is 1. The summed E-state index contributed by atoms with van der Waals surface area (Å²) < 4.78 is 43.3. The van der Waals surface area contributed by atoms with Gasteiger partial charge in [-0.2, -0.15) is 13.2 Å². The molecule has 116 valence electrons. The maximum Gasteiger partial charge on any atom is 0.433 e. The maximum absolute atomic E-state index is 12.7. The van der Waals surface area contributed by atoms with E-state index in [4.69, 9.17) is 15.9 Å². The van der Waals surface area contributed by atoms with Crippen molar-refractivity contribution < 1.29 is 17.9 Å². The molecule has 0 aliphatic heterocycles. The molecule has 0 atom stereocenters. The van der Waals surface area contributed by atoms with Gasteiger partial charge in [-0.25, -0.2) is 4.98 Å². The van der Waals surface area contributed by atoms with E-state index in [1.807, 2.05) is 7.05 Å². The van der Waals surface area contributed by atoms with Crippen LogP contribution in [-0.4, -0.2) is 42.0 Å². The van der Waals surface area contributed by atoms with E-state index in [0.29, 0.717) is 12.6 Å². The maximum atomic E-state index is 12.7. The second kappa shape index (κ2) is 5.88. The van der Waals surface area contributed by atoms with Crippen LogP contribution in [0.1, 0.15) is 24.1 Å². The smallest absolute Gasteiger partial charge is 0.433 e. The van der Waals surface area contributed by atoms with Crippen molar-refractivity contribution in [2.24, 2.45) is 5.73 Å². The van der Waals surface area contributed by atoms with Crippen LogP contribution in [0.5, 0.6) is 5.88 Å². The second-order valence-corrected chi connectivity index (χ2v) is 5.02. The zero-order valence-corrected chi connectivity index (χ0v) is 11.6. The summed E-state index contributed by atoms with van der Waals surface area (Å²) in [6.45, 7) is 0.779. The molecule has 0 bridgehead atoms. The van der Waals surface area contributed by atoms with Crippen LogP contribution in [0.25, 0.3) is 0 Å². The molecule has 0 spiro atoms. The number of rotatable bonds is 6. The predicted octanol–water partition coefficient (Wildman–Crippen LogP) is 1.86. The lowest BCUT2D eigenvalue weighted by atomic mass is 10.2. The average Bonchev–Trinajstić information content (AvgIpc) is 3.21. The van der Waals surface area contributed by atoms with Gasteiger partial charge < -0.3 is 15.4 Å². The number of nitrogens with zero attached hydrogens (tertiary/aromatic N) is 2. The van der Waals surface area contributed by atoms with E-state index in [9.17, 15) is 13.2 Å². The van der Waals surface area contributed by atoms with Crippen molar-refractivity contribution in [3.8, 4) is 5.88 Å². The monoisotopic (exact) mass is 302 g/mol. The third kappa shape index (κ3) is 4.07. The summed E-state index contributed by atoms with van der Waals surface area (Å²) in [5, 5.41) is 7.37. The molecule has 3 N–H and O–H groups in total. The Hall–Kier alpha value is -1.83. The Labute approximate surface area is 120 Å². The fraction of sp³-hybridized carbons (Fsp3) is 0.538. The minimum Gasteiger partial charge on any atom is -0.476 e. The van der Waals surface area contributed by atoms with Crippen LogP contribution in [0.4, 0.5) is 13.2 Å². The molecule has 1 aromatic heterocycles. The quantitative estimate of drug-likeness (QED) is 0.621. The van der Waals surface area contributed by atoms with Gasteiger partial charge in [0.15, 0.2) is 0 Å². The van der Waals surface area contributed by atoms with Gasteiger partial charge in [-0.3, -0.25) is 5.41 Å². The number of nitrogen functional groups attached to an aromatic ring is 1. The van der Waals surface area contributed by atoms with E-state index in [-0.39, 0.29) is 23.9 Å². The minimum absolute atomic E-state index is 0.0667. The lowest BCUT2D eigenvalue weighted by Crippen LogP contribution is -2.27. The van der Waals surface area contributed by atoms with Gasteiger partial charge in [-0.1, -0.05) is 0 Å². The summed E-state index contributed by atoms with van der Waals surface area (Å²) in [5.74, 6) is -0.622. The molecule has 1 aliphatic rings. The van der Waals surface area contributed by atoms with Gasteiger partial charge in [0.2, 0.25) is 5.88 Å². The molecule has 1 aliphatic carbocycles. The van der Waals surface area contributed by atoms with E-state index >= 15 is 0 Å². The van der Waals surface area contributed by atoms with E-state index in [1.165, 1.54) is 0 Å². The van der Waals surface area contributed by atoms with Crippen LogP contribution in [0.15, 0.2) is 12.1 Å². The first-order chi connectivity index (χ1) is 9.79. The Morgan fingerprint density at radius 1 is 1.48 bits per heavy atom. The summed E-state index contributed by atoms with van der Waals surface area (Å²) in [6.07, 6.45) is -2.29. The first-order valence-corrected chi connectivity index (χ1v) is 6.54. The highest BCUT2D eigenvalue weighted by Gasteiger charge is 2.33. The number of aromatic nitrogens is 1. The molecule has 0 radical (unpaired) electrons. The molecule has 2 rings (SSSR count). The Morgan fingerprint density at radius 3 is 2.67 bits per heavy atom. The van der Waals surface area contributed by atoms with Crippen molar-refractivity contribution in [1.82, 2.24) is 9.88 Å². The minimum atomic E-state index is -4.56. The Bertz CT molecular complexity index is 529. The highest BCUT2D eigenvalue weighted by Crippen LogP contribution is 2.30. The molecule has 1 aromatic rings. The molecule has 21 heavy (non-hydrogen) atoms. The Morgan fingerprint density at radius 2 is 2.14 bits per heavy atom. The molecular formula is C13H17F3N4O. The lowest BCUT2D eigenvalue weighted by molar-refractivity contribution is -0.141. The summed E-state index contributed by atoms with van der Waals surface area (Å²) in [4.78, 5) is 5.52. The number of pyridine rings is 1. The largest absolute Gasteiger partial charge is 0.476 e. The van der Waals surface area contributed by atoms with Crippen LogP contribution in [0.3, 0.4) is 0 Å². The van der Waals surface area contributed by atoms with Crippen molar-refractivity contribution in [2.45, 2.75) is 25.1 Å². The molecule has 1 saturated carbocycles. The second-order valence-electron chi connectivity index (χ2n) is 5.02. The Balaban J connectivity index is 2.08. The van der Waals surface area contributed by atoms with Crippen molar-refractivity contribution in [2.75, 3.05) is 20.2 Å². The highest BCUT2D eigenvalue weighted by molar-refractivity contribution is 5.97. The molecule has 8 heteroatoms. The van der Waals surface area contributed by atoms with Crippen LogP contribution in [-0.2, 0) is 6.18 Å². The first kappa shape index (κ1) is 15.6. The first-order valence-electron chi connectivity index (χ1n) is 6.54. The third-order valence-electron chi connectivity index (χ3n) is 3.29. The highest BCUT2D eigenvalue weighted by atomic mass is 19.4. The van der Waals surface area contributed by atoms with Gasteiger partial charge in [0.1, 0.15) is 18.1 Å². The molecule has 0 amide bonds. The fourth-order valence-corrected chi connectivity index (χ4v) is 1.90. The van der Waals surface area contributed by atoms with Crippen LogP contribution >= 0.6 is 0 Å². The fourth-order valence-electron chi connectivity index (χ4n) is 1.90. The topological polar surface area (TPSA) is 75.2 Å². The van der Waals surface area contributed by atoms with Crippen LogP contribution in [0, 0.1) is 5.41 Å². The molecule has 0 aromatic carbocycles. The summed E-state index contributed by atoms with van der Waals surface area (Å²) >= 11 is 0. The molecule has 0 unspecified atom stereocenters. The van der Waals surface area contributed by atoms with Gasteiger partial charge in [-0.05, 0) is 32.0 Å². The average molecular weight is 302 g/mol. The third-order valence-corrected chi connectivity index (χ3v) is 3.29. The summed E-state index contributed by atoms with van der Waals surface area (Å²) in [6, 6.07) is 2.44. The molecule has 0 saturated heterocycles. The van der Waals surface area contributed by atoms with Crippen molar-refractivity contribution in [3.63, 3.8) is 0 Å². The molecule has 1 fully saturated rings. The van der Waals surface area contributed by atoms with Crippen LogP contribution < -0.4 is 10.5 Å². The SMILES string of the molecule is CN(CCOc1nc(C(F)(F)F)ccc1C(=N)N)C1CC1. The number of ether oxygens (including phenoxy) is 1. The number of hydrogen-bond donors (Lipinski definition) is 2. The van der Waals surface area contributed by atoms with Crippen molar-refractivity contribution in [1.29, 1.82) is 5.41 Å². The van der Waals surface area contributed by atoms with Gasteiger partial charge in [-0.15, -0.1) is 0 Å². The zero-order valence-electron chi connectivity index (χ0n) is 11.6. The molecular weight excluding hydrogens is 285 g/mol. The van der Waals surface area contributed by atoms with Gasteiger partial charge in [0.05, 0.1) is 5.56 Å². The number of nitrogens with one attached hydrogen (secondary N) is 1. The molecule has 1 heterocycles. The number of alkyl halides is 3. The van der Waals surface area contributed by atoms with E-state index < -0.39 is 11.9 Å². The van der Waals surface area contributed by atoms with Gasteiger partial charge >= 0.3 is 6.18 Å². The Kier molecular flexibility index (Phi) is 4.36. The number of amidine groups is 1. The normalized spacial score (nSPS) is 15.3. The number of likely N-dealkylation sites (N-methyl/N-ethyl adjacent to an activating group) is 1. The zero-order chi connectivity index (χ0) is 15.6. The van der Waals surface area contributed by atoms with E-state index in [1.54, 1.807) is 0 Å². The van der Waals surface area contributed by atoms with E-state index in [2.05, 4.69) is 9.88 Å². The standard InChI is InChI=1S/C13H17F3N4O/c1-20(8-2-3-8)6-7-21-12-9(11(17)18)4-5-10(19-12)13(14,15)16/h4-5,8H,2-3,6-7H2,1H3,(H3,17,18). The van der Waals surface area contributed by atoms with Gasteiger partial charge in [0, 0.05) is 12.6 Å². The van der Waals surface area contributed by atoms with Crippen molar-refractivity contribution in [3.05, 3.63) is 23.4 Å². The van der Waals surface area contributed by atoms with E-state index in [0.717, 1.165) is 25.0 Å². The number of hydrogen-bond acceptors (Lipinski definition) is 4. The number of halogens is 3.